The summed E-state index contributed by atoms with van der Waals surface area (Å²) in [6, 6.07) is 0.865. The van der Waals surface area contributed by atoms with Crippen LogP contribution in [0.1, 0.15) is 51.4 Å². The van der Waals surface area contributed by atoms with Gasteiger partial charge >= 0.3 is 5.97 Å². The first-order valence-electron chi connectivity index (χ1n) is 8.39. The summed E-state index contributed by atoms with van der Waals surface area (Å²) in [5.41, 5.74) is 0. The van der Waals surface area contributed by atoms with Gasteiger partial charge in [-0.3, -0.25) is 14.5 Å². The van der Waals surface area contributed by atoms with E-state index in [0.29, 0.717) is 31.0 Å². The van der Waals surface area contributed by atoms with Crippen LogP contribution in [0.15, 0.2) is 0 Å². The molecule has 0 aliphatic carbocycles. The standard InChI is InChI=1S/C16H26N2O3/c19-15(17-6-2-1-3-7-17)11-18-13-4-5-14(18)9-12(8-13)10-16(20)21/h12-14H,1-11H2,(H,20,21). The molecule has 1 amide bonds. The van der Waals surface area contributed by atoms with Crippen molar-refractivity contribution in [2.24, 2.45) is 5.92 Å². The molecule has 3 saturated heterocycles. The molecule has 3 aliphatic heterocycles. The molecule has 118 valence electrons. The number of carbonyl (C=O) groups is 2. The van der Waals surface area contributed by atoms with Gasteiger partial charge in [0.25, 0.3) is 0 Å². The zero-order chi connectivity index (χ0) is 14.8. The molecule has 0 radical (unpaired) electrons. The third kappa shape index (κ3) is 3.39. The fraction of sp³-hybridized carbons (Fsp3) is 0.875. The molecule has 5 heteroatoms. The van der Waals surface area contributed by atoms with Gasteiger partial charge in [0.05, 0.1) is 6.54 Å². The molecule has 1 N–H and O–H groups in total. The van der Waals surface area contributed by atoms with Crippen molar-refractivity contribution in [2.75, 3.05) is 19.6 Å². The van der Waals surface area contributed by atoms with Crippen LogP contribution in [-0.2, 0) is 9.59 Å². The van der Waals surface area contributed by atoms with E-state index in [1.54, 1.807) is 0 Å². The lowest BCUT2D eigenvalue weighted by Gasteiger charge is -2.39. The second kappa shape index (κ2) is 6.34. The van der Waals surface area contributed by atoms with Crippen molar-refractivity contribution >= 4 is 11.9 Å². The normalized spacial score (nSPS) is 33.1. The maximum absolute atomic E-state index is 12.4. The molecule has 2 bridgehead atoms. The Morgan fingerprint density at radius 3 is 2.19 bits per heavy atom. The fourth-order valence-electron chi connectivity index (χ4n) is 4.46. The summed E-state index contributed by atoms with van der Waals surface area (Å²) < 4.78 is 0. The van der Waals surface area contributed by atoms with Gasteiger partial charge in [-0.15, -0.1) is 0 Å². The van der Waals surface area contributed by atoms with Crippen molar-refractivity contribution in [1.29, 1.82) is 0 Å². The smallest absolute Gasteiger partial charge is 0.303 e. The number of carbonyl (C=O) groups excluding carboxylic acids is 1. The molecule has 3 aliphatic rings. The molecular formula is C16H26N2O3. The van der Waals surface area contributed by atoms with E-state index < -0.39 is 5.97 Å². The summed E-state index contributed by atoms with van der Waals surface area (Å²) in [6.07, 6.45) is 7.99. The Balaban J connectivity index is 1.55. The molecular weight excluding hydrogens is 268 g/mol. The van der Waals surface area contributed by atoms with Crippen LogP contribution >= 0.6 is 0 Å². The quantitative estimate of drug-likeness (QED) is 0.857. The van der Waals surface area contributed by atoms with E-state index in [0.717, 1.165) is 51.6 Å². The highest BCUT2D eigenvalue weighted by atomic mass is 16.4. The zero-order valence-electron chi connectivity index (χ0n) is 12.7. The van der Waals surface area contributed by atoms with Gasteiger partial charge in [0.2, 0.25) is 5.91 Å². The molecule has 2 unspecified atom stereocenters. The second-order valence-corrected chi connectivity index (χ2v) is 6.93. The molecule has 0 saturated carbocycles. The topological polar surface area (TPSA) is 60.9 Å². The van der Waals surface area contributed by atoms with E-state index >= 15 is 0 Å². The van der Waals surface area contributed by atoms with Crippen LogP contribution < -0.4 is 0 Å². The predicted molar refractivity (Wildman–Crippen MR) is 78.9 cm³/mol. The molecule has 3 fully saturated rings. The zero-order valence-corrected chi connectivity index (χ0v) is 12.7. The number of carboxylic acids is 1. The molecule has 2 atom stereocenters. The minimum Gasteiger partial charge on any atom is -0.481 e. The first-order valence-corrected chi connectivity index (χ1v) is 8.39. The number of carboxylic acid groups (broad SMARTS) is 1. The summed E-state index contributed by atoms with van der Waals surface area (Å²) in [6.45, 7) is 2.39. The molecule has 0 aromatic carbocycles. The second-order valence-electron chi connectivity index (χ2n) is 6.93. The summed E-state index contributed by atoms with van der Waals surface area (Å²) in [5, 5.41) is 8.97. The van der Waals surface area contributed by atoms with Crippen LogP contribution in [0, 0.1) is 5.92 Å². The summed E-state index contributed by atoms with van der Waals surface area (Å²) >= 11 is 0. The molecule has 21 heavy (non-hydrogen) atoms. The van der Waals surface area contributed by atoms with Crippen molar-refractivity contribution in [2.45, 2.75) is 63.5 Å². The monoisotopic (exact) mass is 294 g/mol. The number of fused-ring (bicyclic) bond motifs is 2. The first-order chi connectivity index (χ1) is 10.1. The molecule has 3 heterocycles. The maximum Gasteiger partial charge on any atom is 0.303 e. The van der Waals surface area contributed by atoms with Gasteiger partial charge in [-0.25, -0.2) is 0 Å². The minimum absolute atomic E-state index is 0.281. The Morgan fingerprint density at radius 2 is 1.62 bits per heavy atom. The Kier molecular flexibility index (Phi) is 4.48. The number of rotatable bonds is 4. The molecule has 0 aromatic heterocycles. The molecule has 0 spiro atoms. The van der Waals surface area contributed by atoms with Gasteiger partial charge in [0, 0.05) is 31.6 Å². The largest absolute Gasteiger partial charge is 0.481 e. The van der Waals surface area contributed by atoms with Gasteiger partial charge in [0.15, 0.2) is 0 Å². The number of piperidine rings is 2. The Morgan fingerprint density at radius 1 is 1.00 bits per heavy atom. The van der Waals surface area contributed by atoms with Gasteiger partial charge in [-0.2, -0.15) is 0 Å². The Labute approximate surface area is 126 Å². The predicted octanol–water partition coefficient (Wildman–Crippen LogP) is 1.72. The molecule has 0 aromatic rings. The molecule has 5 nitrogen and oxygen atoms in total. The first kappa shape index (κ1) is 14.8. The van der Waals surface area contributed by atoms with E-state index in [2.05, 4.69) is 4.90 Å². The van der Waals surface area contributed by atoms with Crippen molar-refractivity contribution in [3.05, 3.63) is 0 Å². The van der Waals surface area contributed by atoms with Crippen molar-refractivity contribution in [3.8, 4) is 0 Å². The third-order valence-electron chi connectivity index (χ3n) is 5.47. The lowest BCUT2D eigenvalue weighted by atomic mass is 9.88. The van der Waals surface area contributed by atoms with Gasteiger partial charge in [-0.1, -0.05) is 0 Å². The van der Waals surface area contributed by atoms with Gasteiger partial charge < -0.3 is 10.0 Å². The number of aliphatic carboxylic acids is 1. The summed E-state index contributed by atoms with van der Waals surface area (Å²) in [5.74, 6) is -0.0955. The van der Waals surface area contributed by atoms with Crippen LogP contribution in [0.3, 0.4) is 0 Å². The highest BCUT2D eigenvalue weighted by molar-refractivity contribution is 5.78. The summed E-state index contributed by atoms with van der Waals surface area (Å²) in [4.78, 5) is 27.7. The highest BCUT2D eigenvalue weighted by Gasteiger charge is 2.42. The maximum atomic E-state index is 12.4. The van der Waals surface area contributed by atoms with E-state index in [1.807, 2.05) is 4.90 Å². The fourth-order valence-corrected chi connectivity index (χ4v) is 4.46. The van der Waals surface area contributed by atoms with Crippen LogP contribution in [0.25, 0.3) is 0 Å². The molecule has 3 rings (SSSR count). The van der Waals surface area contributed by atoms with Crippen LogP contribution in [0.4, 0.5) is 0 Å². The van der Waals surface area contributed by atoms with E-state index in [4.69, 9.17) is 5.11 Å². The van der Waals surface area contributed by atoms with E-state index in [1.165, 1.54) is 6.42 Å². The van der Waals surface area contributed by atoms with Crippen molar-refractivity contribution in [1.82, 2.24) is 9.80 Å². The van der Waals surface area contributed by atoms with Crippen LogP contribution in [0.5, 0.6) is 0 Å². The van der Waals surface area contributed by atoms with Gasteiger partial charge in [-0.05, 0) is 50.9 Å². The number of hydrogen-bond donors (Lipinski definition) is 1. The van der Waals surface area contributed by atoms with Gasteiger partial charge in [0.1, 0.15) is 0 Å². The highest BCUT2D eigenvalue weighted by Crippen LogP contribution is 2.39. The third-order valence-corrected chi connectivity index (χ3v) is 5.47. The number of nitrogens with zero attached hydrogens (tertiary/aromatic N) is 2. The number of hydrogen-bond acceptors (Lipinski definition) is 3. The number of amides is 1. The minimum atomic E-state index is -0.683. The van der Waals surface area contributed by atoms with Crippen LogP contribution in [-0.4, -0.2) is 58.5 Å². The van der Waals surface area contributed by atoms with Crippen molar-refractivity contribution in [3.63, 3.8) is 0 Å². The Hall–Kier alpha value is -1.10. The average Bonchev–Trinajstić information content (AvgIpc) is 2.70. The lowest BCUT2D eigenvalue weighted by Crippen LogP contribution is -2.49. The van der Waals surface area contributed by atoms with E-state index in [9.17, 15) is 9.59 Å². The Bertz CT molecular complexity index is 392. The van der Waals surface area contributed by atoms with Crippen molar-refractivity contribution < 1.29 is 14.7 Å². The lowest BCUT2D eigenvalue weighted by molar-refractivity contribution is -0.140. The summed E-state index contributed by atoms with van der Waals surface area (Å²) in [7, 11) is 0. The van der Waals surface area contributed by atoms with Crippen LogP contribution in [0.2, 0.25) is 0 Å². The van der Waals surface area contributed by atoms with E-state index in [-0.39, 0.29) is 5.91 Å². The number of likely N-dealkylation sites (tertiary alicyclic amines) is 1. The SMILES string of the molecule is O=C(O)CC1CC2CCC(C1)N2CC(=O)N1CCCCC1. The average molecular weight is 294 g/mol.